The molecule has 0 unspecified atom stereocenters. The molecule has 30 heavy (non-hydrogen) atoms. The summed E-state index contributed by atoms with van der Waals surface area (Å²) in [6.45, 7) is 1.71. The van der Waals surface area contributed by atoms with Crippen LogP contribution in [0.25, 0.3) is 0 Å². The predicted molar refractivity (Wildman–Crippen MR) is 110 cm³/mol. The molecule has 2 aromatic carbocycles. The number of carbonyl (C=O) groups is 3. The molecule has 0 heterocycles. The first kappa shape index (κ1) is 22.4. The Balaban J connectivity index is 1.83. The van der Waals surface area contributed by atoms with Crippen LogP contribution >= 0.6 is 0 Å². The van der Waals surface area contributed by atoms with Gasteiger partial charge < -0.3 is 19.7 Å². The highest BCUT2D eigenvalue weighted by Crippen LogP contribution is 2.14. The minimum atomic E-state index is -0.740. The highest BCUT2D eigenvalue weighted by Gasteiger charge is 2.17. The lowest BCUT2D eigenvalue weighted by atomic mass is 10.2. The van der Waals surface area contributed by atoms with Crippen LogP contribution in [0.15, 0.2) is 54.6 Å². The molecule has 156 valence electrons. The minimum Gasteiger partial charge on any atom is -0.494 e. The Morgan fingerprint density at radius 3 is 2.40 bits per heavy atom. The van der Waals surface area contributed by atoms with Crippen LogP contribution in [0.2, 0.25) is 0 Å². The Labute approximate surface area is 175 Å². The Morgan fingerprint density at radius 2 is 1.77 bits per heavy atom. The van der Waals surface area contributed by atoms with E-state index in [1.54, 1.807) is 48.5 Å². The molecule has 0 aromatic heterocycles. The Bertz CT molecular complexity index is 891. The van der Waals surface area contributed by atoms with Gasteiger partial charge in [-0.05, 0) is 43.3 Å². The van der Waals surface area contributed by atoms with E-state index in [-0.39, 0.29) is 19.5 Å². The molecule has 0 aliphatic heterocycles. The van der Waals surface area contributed by atoms with Gasteiger partial charge in [0.2, 0.25) is 0 Å². The van der Waals surface area contributed by atoms with Crippen LogP contribution in [-0.2, 0) is 14.3 Å². The van der Waals surface area contributed by atoms with E-state index < -0.39 is 24.4 Å². The van der Waals surface area contributed by atoms with E-state index in [0.29, 0.717) is 23.6 Å². The van der Waals surface area contributed by atoms with Crippen LogP contribution < -0.4 is 15.0 Å². The monoisotopic (exact) mass is 409 g/mol. The smallest absolute Gasteiger partial charge is 0.325 e. The van der Waals surface area contributed by atoms with Gasteiger partial charge in [0.15, 0.2) is 6.61 Å². The van der Waals surface area contributed by atoms with Crippen LogP contribution in [0.3, 0.4) is 0 Å². The molecule has 1 N–H and O–H groups in total. The van der Waals surface area contributed by atoms with Crippen molar-refractivity contribution < 1.29 is 23.9 Å². The van der Waals surface area contributed by atoms with Crippen molar-refractivity contribution in [2.24, 2.45) is 0 Å². The molecule has 8 heteroatoms. The summed E-state index contributed by atoms with van der Waals surface area (Å²) in [4.78, 5) is 37.8. The van der Waals surface area contributed by atoms with Crippen molar-refractivity contribution in [1.82, 2.24) is 5.32 Å². The van der Waals surface area contributed by atoms with Gasteiger partial charge in [-0.2, -0.15) is 5.26 Å². The maximum absolute atomic E-state index is 12.4. The zero-order valence-corrected chi connectivity index (χ0v) is 16.7. The first-order chi connectivity index (χ1) is 14.5. The van der Waals surface area contributed by atoms with Crippen LogP contribution in [0.1, 0.15) is 23.7 Å². The van der Waals surface area contributed by atoms with E-state index in [1.165, 1.54) is 4.90 Å². The summed E-state index contributed by atoms with van der Waals surface area (Å²) in [6.07, 6.45) is 0.146. The van der Waals surface area contributed by atoms with Gasteiger partial charge in [0.1, 0.15) is 12.3 Å². The van der Waals surface area contributed by atoms with Crippen molar-refractivity contribution in [3.05, 3.63) is 60.2 Å². The summed E-state index contributed by atoms with van der Waals surface area (Å²) in [6, 6.07) is 17.3. The summed E-state index contributed by atoms with van der Waals surface area (Å²) in [5.74, 6) is -0.994. The number of esters is 1. The van der Waals surface area contributed by atoms with E-state index in [4.69, 9.17) is 14.7 Å². The molecule has 0 spiro atoms. The quantitative estimate of drug-likeness (QED) is 0.603. The summed E-state index contributed by atoms with van der Waals surface area (Å²) in [7, 11) is 0. The van der Waals surface area contributed by atoms with Crippen LogP contribution in [0.5, 0.6) is 5.75 Å². The Morgan fingerprint density at radius 1 is 1.07 bits per heavy atom. The molecule has 0 aliphatic carbocycles. The zero-order valence-electron chi connectivity index (χ0n) is 16.7. The number of ether oxygens (including phenoxy) is 2. The number of anilines is 1. The second kappa shape index (κ2) is 11.9. The first-order valence-corrected chi connectivity index (χ1v) is 9.44. The summed E-state index contributed by atoms with van der Waals surface area (Å²) >= 11 is 0. The third-order valence-corrected chi connectivity index (χ3v) is 3.99. The van der Waals surface area contributed by atoms with Crippen LogP contribution in [-0.4, -0.2) is 44.1 Å². The summed E-state index contributed by atoms with van der Waals surface area (Å²) in [5, 5.41) is 11.2. The minimum absolute atomic E-state index is 0.146. The van der Waals surface area contributed by atoms with E-state index in [1.807, 2.05) is 19.1 Å². The number of hydrogen-bond acceptors (Lipinski definition) is 6. The average Bonchev–Trinajstić information content (AvgIpc) is 2.77. The van der Waals surface area contributed by atoms with Gasteiger partial charge in [0, 0.05) is 17.8 Å². The molecule has 2 aromatic rings. The lowest BCUT2D eigenvalue weighted by molar-refractivity contribution is -0.146. The molecule has 2 amide bonds. The molecule has 0 saturated carbocycles. The van der Waals surface area contributed by atoms with E-state index in [2.05, 4.69) is 5.32 Å². The number of para-hydroxylation sites is 1. The SMILES string of the molecule is CCOc1ccc(C(=O)NCC(=O)OCC(=O)N(CCC#N)c2ccccc2)cc1. The van der Waals surface area contributed by atoms with Crippen LogP contribution in [0, 0.1) is 11.3 Å². The average molecular weight is 409 g/mol. The van der Waals surface area contributed by atoms with Crippen molar-refractivity contribution in [2.75, 3.05) is 31.2 Å². The van der Waals surface area contributed by atoms with Gasteiger partial charge in [-0.15, -0.1) is 0 Å². The highest BCUT2D eigenvalue weighted by atomic mass is 16.5. The molecule has 0 bridgehead atoms. The number of rotatable bonds is 10. The zero-order chi connectivity index (χ0) is 21.8. The Kier molecular flexibility index (Phi) is 8.87. The predicted octanol–water partition coefficient (Wildman–Crippen LogP) is 2.31. The second-order valence-corrected chi connectivity index (χ2v) is 6.09. The van der Waals surface area contributed by atoms with Crippen molar-refractivity contribution >= 4 is 23.5 Å². The number of hydrogen-bond donors (Lipinski definition) is 1. The van der Waals surface area contributed by atoms with E-state index in [0.717, 1.165) is 0 Å². The fraction of sp³-hybridized carbons (Fsp3) is 0.273. The third kappa shape index (κ3) is 6.95. The number of nitrogens with zero attached hydrogens (tertiary/aromatic N) is 2. The van der Waals surface area contributed by atoms with E-state index >= 15 is 0 Å². The lowest BCUT2D eigenvalue weighted by Crippen LogP contribution is -2.37. The standard InChI is InChI=1S/C22H23N3O5/c1-2-29-19-11-9-17(10-12-19)22(28)24-15-21(27)30-16-20(26)25(14-6-13-23)18-7-4-3-5-8-18/h3-5,7-12H,2,6,14-16H2,1H3,(H,24,28). The number of nitrogens with one attached hydrogen (secondary N) is 1. The molecular weight excluding hydrogens is 386 g/mol. The molecule has 0 atom stereocenters. The van der Waals surface area contributed by atoms with Gasteiger partial charge >= 0.3 is 5.97 Å². The summed E-state index contributed by atoms with van der Waals surface area (Å²) < 4.78 is 10.3. The van der Waals surface area contributed by atoms with E-state index in [9.17, 15) is 14.4 Å². The molecule has 2 rings (SSSR count). The molecule has 0 saturated heterocycles. The largest absolute Gasteiger partial charge is 0.494 e. The topological polar surface area (TPSA) is 109 Å². The van der Waals surface area contributed by atoms with Crippen molar-refractivity contribution in [2.45, 2.75) is 13.3 Å². The molecule has 0 fully saturated rings. The number of carbonyl (C=O) groups excluding carboxylic acids is 3. The van der Waals surface area contributed by atoms with Crippen molar-refractivity contribution in [3.63, 3.8) is 0 Å². The first-order valence-electron chi connectivity index (χ1n) is 9.44. The van der Waals surface area contributed by atoms with Crippen LogP contribution in [0.4, 0.5) is 5.69 Å². The van der Waals surface area contributed by atoms with Gasteiger partial charge in [-0.25, -0.2) is 0 Å². The van der Waals surface area contributed by atoms with Crippen molar-refractivity contribution in [1.29, 1.82) is 5.26 Å². The highest BCUT2D eigenvalue weighted by molar-refractivity contribution is 5.97. The maximum atomic E-state index is 12.4. The van der Waals surface area contributed by atoms with Gasteiger partial charge in [-0.3, -0.25) is 14.4 Å². The van der Waals surface area contributed by atoms with Gasteiger partial charge in [0.05, 0.1) is 19.1 Å². The Hall–Kier alpha value is -3.86. The number of benzene rings is 2. The van der Waals surface area contributed by atoms with Gasteiger partial charge in [0.25, 0.3) is 11.8 Å². The third-order valence-electron chi connectivity index (χ3n) is 3.99. The van der Waals surface area contributed by atoms with Gasteiger partial charge in [-0.1, -0.05) is 18.2 Å². The maximum Gasteiger partial charge on any atom is 0.325 e. The summed E-state index contributed by atoms with van der Waals surface area (Å²) in [5.41, 5.74) is 0.978. The molecule has 0 aliphatic rings. The molecular formula is C22H23N3O5. The molecule has 8 nitrogen and oxygen atoms in total. The normalized spacial score (nSPS) is 9.87. The number of amides is 2. The lowest BCUT2D eigenvalue weighted by Gasteiger charge is -2.21. The fourth-order valence-corrected chi connectivity index (χ4v) is 2.56. The fourth-order valence-electron chi connectivity index (χ4n) is 2.56. The molecule has 0 radical (unpaired) electrons. The number of nitriles is 1. The van der Waals surface area contributed by atoms with Crippen molar-refractivity contribution in [3.8, 4) is 11.8 Å². The second-order valence-electron chi connectivity index (χ2n) is 6.09.